The molecule has 0 bridgehead atoms. The van der Waals surface area contributed by atoms with E-state index < -0.39 is 34.6 Å². The van der Waals surface area contributed by atoms with E-state index in [0.29, 0.717) is 22.6 Å². The van der Waals surface area contributed by atoms with Crippen LogP contribution in [0.25, 0.3) is 22.3 Å². The lowest BCUT2D eigenvalue weighted by Gasteiger charge is -2.22. The summed E-state index contributed by atoms with van der Waals surface area (Å²) in [7, 11) is 2.67. The summed E-state index contributed by atoms with van der Waals surface area (Å²) in [4.78, 5) is 25.7. The Balaban J connectivity index is 2.01. The van der Waals surface area contributed by atoms with Crippen molar-refractivity contribution in [1.82, 2.24) is 0 Å². The smallest absolute Gasteiger partial charge is 0.306 e. The minimum Gasteiger partial charge on any atom is -0.504 e. The Hall–Kier alpha value is -4.92. The summed E-state index contributed by atoms with van der Waals surface area (Å²) < 4.78 is 22.2. The van der Waals surface area contributed by atoms with Crippen LogP contribution < -0.4 is 14.9 Å². The summed E-state index contributed by atoms with van der Waals surface area (Å²) in [5.74, 6) is -3.21. The summed E-state index contributed by atoms with van der Waals surface area (Å²) in [5.41, 5.74) is 0.893. The third-order valence-electron chi connectivity index (χ3n) is 6.20. The SMILES string of the molecule is C=C(C)COc1ccc([C@H](CC(=O)OC)c2c(O)c(O)c(O)c3c(=O)cc(-c4ccccc4)oc23)cc1OC. The van der Waals surface area contributed by atoms with Gasteiger partial charge in [-0.1, -0.05) is 43.0 Å². The van der Waals surface area contributed by atoms with Crippen molar-refractivity contribution < 1.29 is 38.7 Å². The normalized spacial score (nSPS) is 11.7. The van der Waals surface area contributed by atoms with Crippen LogP contribution in [0.3, 0.4) is 0 Å². The molecule has 0 aliphatic heterocycles. The van der Waals surface area contributed by atoms with Crippen molar-refractivity contribution in [1.29, 1.82) is 0 Å². The number of methoxy groups -OCH3 is 2. The van der Waals surface area contributed by atoms with E-state index in [-0.39, 0.29) is 35.3 Å². The number of phenols is 3. The van der Waals surface area contributed by atoms with Crippen LogP contribution in [0.15, 0.2) is 76.0 Å². The summed E-state index contributed by atoms with van der Waals surface area (Å²) >= 11 is 0. The molecule has 0 saturated carbocycles. The van der Waals surface area contributed by atoms with Gasteiger partial charge in [0.25, 0.3) is 0 Å². The Labute approximate surface area is 224 Å². The van der Waals surface area contributed by atoms with Crippen LogP contribution in [-0.4, -0.2) is 42.1 Å². The number of hydrogen-bond donors (Lipinski definition) is 3. The molecule has 0 aliphatic carbocycles. The second-order valence-electron chi connectivity index (χ2n) is 8.99. The summed E-state index contributed by atoms with van der Waals surface area (Å²) in [5, 5.41) is 31.9. The molecular formula is C30H28O9. The topological polar surface area (TPSA) is 136 Å². The lowest BCUT2D eigenvalue weighted by molar-refractivity contribution is -0.140. The summed E-state index contributed by atoms with van der Waals surface area (Å²) in [6.07, 6.45) is -0.308. The van der Waals surface area contributed by atoms with Crippen LogP contribution in [-0.2, 0) is 9.53 Å². The second-order valence-corrected chi connectivity index (χ2v) is 8.99. The van der Waals surface area contributed by atoms with E-state index in [2.05, 4.69) is 6.58 Å². The maximum absolute atomic E-state index is 13.2. The standard InChI is InChI=1S/C30H28O9/c1-16(2)15-38-21-11-10-18(12-23(21)36-3)19(13-24(32)37-4)25-27(33)29(35)28(34)26-20(31)14-22(39-30(25)26)17-8-6-5-7-9-17/h5-12,14,19,33-35H,1,13,15H2,2-4H3/t19-/m0/s1. The molecule has 0 saturated heterocycles. The molecule has 4 aromatic rings. The molecule has 1 aromatic heterocycles. The van der Waals surface area contributed by atoms with Gasteiger partial charge in [-0.3, -0.25) is 9.59 Å². The number of hydrogen-bond acceptors (Lipinski definition) is 9. The van der Waals surface area contributed by atoms with Crippen molar-refractivity contribution in [2.24, 2.45) is 0 Å². The van der Waals surface area contributed by atoms with E-state index in [1.807, 2.05) is 6.92 Å². The van der Waals surface area contributed by atoms with Gasteiger partial charge in [0, 0.05) is 23.1 Å². The summed E-state index contributed by atoms with van der Waals surface area (Å²) in [6.45, 7) is 5.89. The fourth-order valence-electron chi connectivity index (χ4n) is 4.30. The van der Waals surface area contributed by atoms with Crippen molar-refractivity contribution >= 4 is 16.9 Å². The van der Waals surface area contributed by atoms with Crippen LogP contribution in [0, 0.1) is 0 Å². The number of fused-ring (bicyclic) bond motifs is 1. The van der Waals surface area contributed by atoms with Gasteiger partial charge in [0.15, 0.2) is 28.4 Å². The molecule has 1 heterocycles. The molecule has 0 spiro atoms. The molecule has 1 atom stereocenters. The Kier molecular flexibility index (Phi) is 7.80. The average Bonchev–Trinajstić information content (AvgIpc) is 2.94. The number of benzene rings is 3. The maximum atomic E-state index is 13.2. The zero-order valence-corrected chi connectivity index (χ0v) is 21.7. The third-order valence-corrected chi connectivity index (χ3v) is 6.20. The Morgan fingerprint density at radius 1 is 0.974 bits per heavy atom. The third kappa shape index (κ3) is 5.38. The Morgan fingerprint density at radius 2 is 1.69 bits per heavy atom. The molecule has 0 fully saturated rings. The van der Waals surface area contributed by atoms with Crippen LogP contribution in [0.1, 0.15) is 30.4 Å². The molecule has 0 unspecified atom stereocenters. The van der Waals surface area contributed by atoms with E-state index >= 15 is 0 Å². The average molecular weight is 533 g/mol. The highest BCUT2D eigenvalue weighted by atomic mass is 16.5. The minimum atomic E-state index is -0.996. The van der Waals surface area contributed by atoms with Crippen LogP contribution in [0.5, 0.6) is 28.7 Å². The number of aromatic hydroxyl groups is 3. The zero-order valence-electron chi connectivity index (χ0n) is 21.7. The molecule has 39 heavy (non-hydrogen) atoms. The number of rotatable bonds is 9. The van der Waals surface area contributed by atoms with E-state index in [1.165, 1.54) is 20.3 Å². The molecule has 202 valence electrons. The number of phenolic OH excluding ortho intramolecular Hbond substituents is 3. The number of carbonyl (C=O) groups excluding carboxylic acids is 1. The van der Waals surface area contributed by atoms with E-state index in [4.69, 9.17) is 18.6 Å². The number of esters is 1. The molecule has 9 nitrogen and oxygen atoms in total. The molecular weight excluding hydrogens is 504 g/mol. The minimum absolute atomic E-state index is 0.0850. The highest BCUT2D eigenvalue weighted by Crippen LogP contribution is 2.50. The fraction of sp³-hybridized carbons (Fsp3) is 0.200. The molecule has 0 aliphatic rings. The predicted octanol–water partition coefficient (Wildman–Crippen LogP) is 5.24. The van der Waals surface area contributed by atoms with Gasteiger partial charge in [-0.05, 0) is 30.2 Å². The van der Waals surface area contributed by atoms with Gasteiger partial charge < -0.3 is 33.9 Å². The van der Waals surface area contributed by atoms with Crippen molar-refractivity contribution in [2.75, 3.05) is 20.8 Å². The largest absolute Gasteiger partial charge is 0.504 e. The zero-order chi connectivity index (χ0) is 28.3. The molecule has 3 N–H and O–H groups in total. The number of ether oxygens (including phenoxy) is 3. The Bertz CT molecular complexity index is 1600. The van der Waals surface area contributed by atoms with Crippen molar-refractivity contribution in [3.05, 3.63) is 88.1 Å². The molecule has 9 heteroatoms. The molecule has 3 aromatic carbocycles. The Morgan fingerprint density at radius 3 is 2.33 bits per heavy atom. The first-order valence-corrected chi connectivity index (χ1v) is 12.0. The number of carbonyl (C=O) groups is 1. The van der Waals surface area contributed by atoms with Gasteiger partial charge in [-0.25, -0.2) is 0 Å². The first kappa shape index (κ1) is 27.1. The highest BCUT2D eigenvalue weighted by Gasteiger charge is 2.31. The quantitative estimate of drug-likeness (QED) is 0.150. The van der Waals surface area contributed by atoms with Gasteiger partial charge in [-0.2, -0.15) is 0 Å². The first-order chi connectivity index (χ1) is 18.7. The van der Waals surface area contributed by atoms with E-state index in [0.717, 1.165) is 5.57 Å². The molecule has 0 radical (unpaired) electrons. The molecule has 4 rings (SSSR count). The maximum Gasteiger partial charge on any atom is 0.306 e. The monoisotopic (exact) mass is 532 g/mol. The van der Waals surface area contributed by atoms with E-state index in [9.17, 15) is 24.9 Å². The van der Waals surface area contributed by atoms with Gasteiger partial charge in [-0.15, -0.1) is 0 Å². The molecule has 0 amide bonds. The van der Waals surface area contributed by atoms with Gasteiger partial charge in [0.1, 0.15) is 23.3 Å². The van der Waals surface area contributed by atoms with Gasteiger partial charge in [0.2, 0.25) is 5.75 Å². The lowest BCUT2D eigenvalue weighted by atomic mass is 9.86. The first-order valence-electron chi connectivity index (χ1n) is 12.0. The van der Waals surface area contributed by atoms with Gasteiger partial charge in [0.05, 0.1) is 20.6 Å². The van der Waals surface area contributed by atoms with Crippen LogP contribution in [0.4, 0.5) is 0 Å². The van der Waals surface area contributed by atoms with Crippen molar-refractivity contribution in [3.8, 4) is 40.1 Å². The van der Waals surface area contributed by atoms with E-state index in [1.54, 1.807) is 48.5 Å². The van der Waals surface area contributed by atoms with Crippen molar-refractivity contribution in [3.63, 3.8) is 0 Å². The summed E-state index contributed by atoms with van der Waals surface area (Å²) in [6, 6.07) is 14.8. The van der Waals surface area contributed by atoms with Crippen LogP contribution >= 0.6 is 0 Å². The van der Waals surface area contributed by atoms with Crippen molar-refractivity contribution in [2.45, 2.75) is 19.3 Å². The lowest BCUT2D eigenvalue weighted by Crippen LogP contribution is -2.13. The van der Waals surface area contributed by atoms with Gasteiger partial charge >= 0.3 is 5.97 Å². The predicted molar refractivity (Wildman–Crippen MR) is 145 cm³/mol. The fourth-order valence-corrected chi connectivity index (χ4v) is 4.30. The second kappa shape index (κ2) is 11.2. The highest BCUT2D eigenvalue weighted by molar-refractivity contribution is 5.93. The van der Waals surface area contributed by atoms with Crippen LogP contribution in [0.2, 0.25) is 0 Å².